The van der Waals surface area contributed by atoms with Crippen LogP contribution in [0.4, 0.5) is 0 Å². The predicted octanol–water partition coefficient (Wildman–Crippen LogP) is 5.06. The normalized spacial score (nSPS) is 15.7. The van der Waals surface area contributed by atoms with Gasteiger partial charge in [0.25, 0.3) is 0 Å². The van der Waals surface area contributed by atoms with E-state index in [0.717, 1.165) is 6.42 Å². The minimum Gasteiger partial charge on any atom is -0.0991 e. The lowest BCUT2D eigenvalue weighted by molar-refractivity contribution is 0.817. The molecule has 0 nitrogen and oxygen atoms in total. The lowest BCUT2D eigenvalue weighted by Crippen LogP contribution is -1.99. The van der Waals surface area contributed by atoms with E-state index in [-0.39, 0.29) is 0 Å². The second kappa shape index (κ2) is 8.28. The van der Waals surface area contributed by atoms with Gasteiger partial charge in [0.2, 0.25) is 0 Å². The summed E-state index contributed by atoms with van der Waals surface area (Å²) in [5, 5.41) is 0. The summed E-state index contributed by atoms with van der Waals surface area (Å²) in [5.74, 6) is 0.498. The fourth-order valence-corrected chi connectivity index (χ4v) is 1.87. The van der Waals surface area contributed by atoms with Crippen molar-refractivity contribution in [3.63, 3.8) is 0 Å². The average molecular weight is 204 g/mol. The van der Waals surface area contributed by atoms with Crippen LogP contribution in [0.25, 0.3) is 0 Å². The molecule has 84 valence electrons. The highest BCUT2D eigenvalue weighted by molar-refractivity contribution is 5.36. The van der Waals surface area contributed by atoms with E-state index in [0.29, 0.717) is 5.92 Å². The van der Waals surface area contributed by atoms with Crippen molar-refractivity contribution in [1.82, 2.24) is 0 Å². The average Bonchev–Trinajstić information content (AvgIpc) is 2.20. The fraction of sp³-hybridized carbons (Fsp3) is 0.467. The Morgan fingerprint density at radius 3 is 2.40 bits per heavy atom. The van der Waals surface area contributed by atoms with Gasteiger partial charge in [-0.3, -0.25) is 0 Å². The molecule has 1 unspecified atom stereocenters. The highest BCUT2D eigenvalue weighted by atomic mass is 14.1. The van der Waals surface area contributed by atoms with Crippen LogP contribution in [0.15, 0.2) is 48.1 Å². The highest BCUT2D eigenvalue weighted by Gasteiger charge is 2.08. The van der Waals surface area contributed by atoms with Gasteiger partial charge in [0.05, 0.1) is 0 Å². The first-order chi connectivity index (χ1) is 7.21. The molecular formula is C15H24. The van der Waals surface area contributed by atoms with E-state index in [1.54, 1.807) is 0 Å². The molecule has 1 atom stereocenters. The Hall–Kier alpha value is -1.04. The van der Waals surface area contributed by atoms with Gasteiger partial charge in [-0.15, -0.1) is 0 Å². The van der Waals surface area contributed by atoms with Crippen molar-refractivity contribution >= 4 is 0 Å². The number of allylic oxidation sites excluding steroid dienone is 7. The van der Waals surface area contributed by atoms with Crippen molar-refractivity contribution in [2.75, 3.05) is 0 Å². The maximum absolute atomic E-state index is 3.78. The Bertz CT molecular complexity index is 264. The van der Waals surface area contributed by atoms with Gasteiger partial charge in [0, 0.05) is 0 Å². The van der Waals surface area contributed by atoms with Crippen LogP contribution in [-0.4, -0.2) is 0 Å². The third-order valence-corrected chi connectivity index (χ3v) is 2.49. The van der Waals surface area contributed by atoms with Gasteiger partial charge in [0.1, 0.15) is 0 Å². The molecule has 0 aromatic rings. The molecular weight excluding hydrogens is 180 g/mol. The summed E-state index contributed by atoms with van der Waals surface area (Å²) in [6.07, 6.45) is 12.9. The molecule has 0 radical (unpaired) electrons. The van der Waals surface area contributed by atoms with Crippen molar-refractivity contribution in [2.45, 2.75) is 40.5 Å². The van der Waals surface area contributed by atoms with E-state index >= 15 is 0 Å². The van der Waals surface area contributed by atoms with Crippen molar-refractivity contribution in [2.24, 2.45) is 5.92 Å². The maximum Gasteiger partial charge on any atom is -0.00111 e. The second-order valence-electron chi connectivity index (χ2n) is 3.74. The van der Waals surface area contributed by atoms with Crippen molar-refractivity contribution in [1.29, 1.82) is 0 Å². The van der Waals surface area contributed by atoms with E-state index in [1.165, 1.54) is 17.6 Å². The topological polar surface area (TPSA) is 0 Å². The summed E-state index contributed by atoms with van der Waals surface area (Å²) in [6, 6.07) is 0. The van der Waals surface area contributed by atoms with E-state index in [9.17, 15) is 0 Å². The van der Waals surface area contributed by atoms with Crippen molar-refractivity contribution in [3.05, 3.63) is 48.1 Å². The van der Waals surface area contributed by atoms with E-state index in [1.807, 2.05) is 6.08 Å². The summed E-state index contributed by atoms with van der Waals surface area (Å²) in [6.45, 7) is 12.4. The maximum atomic E-state index is 3.78. The van der Waals surface area contributed by atoms with Crippen LogP contribution in [0.3, 0.4) is 0 Å². The molecule has 0 aliphatic heterocycles. The molecule has 0 heteroatoms. The molecule has 0 aliphatic carbocycles. The molecule has 0 fully saturated rings. The van der Waals surface area contributed by atoms with Gasteiger partial charge >= 0.3 is 0 Å². The largest absolute Gasteiger partial charge is 0.0991 e. The molecule has 0 heterocycles. The monoisotopic (exact) mass is 204 g/mol. The number of hydrogen-bond donors (Lipinski definition) is 0. The fourth-order valence-electron chi connectivity index (χ4n) is 1.87. The van der Waals surface area contributed by atoms with Crippen LogP contribution in [0, 0.1) is 5.92 Å². The molecule has 0 saturated heterocycles. The lowest BCUT2D eigenvalue weighted by atomic mass is 9.90. The Kier molecular flexibility index (Phi) is 7.71. The SMILES string of the molecule is C=CC=C(CCC)C(=CC)C(C)C=CC. The van der Waals surface area contributed by atoms with E-state index in [4.69, 9.17) is 0 Å². The van der Waals surface area contributed by atoms with Gasteiger partial charge in [-0.2, -0.15) is 0 Å². The van der Waals surface area contributed by atoms with Gasteiger partial charge in [-0.25, -0.2) is 0 Å². The zero-order valence-corrected chi connectivity index (χ0v) is 10.6. The Morgan fingerprint density at radius 2 is 2.00 bits per heavy atom. The number of hydrogen-bond acceptors (Lipinski definition) is 0. The van der Waals surface area contributed by atoms with Gasteiger partial charge in [-0.05, 0) is 37.3 Å². The van der Waals surface area contributed by atoms with E-state index in [2.05, 4.69) is 58.6 Å². The zero-order valence-electron chi connectivity index (χ0n) is 10.6. The molecule has 15 heavy (non-hydrogen) atoms. The van der Waals surface area contributed by atoms with Crippen LogP contribution in [-0.2, 0) is 0 Å². The van der Waals surface area contributed by atoms with Gasteiger partial charge in [0.15, 0.2) is 0 Å². The summed E-state index contributed by atoms with van der Waals surface area (Å²) >= 11 is 0. The Labute approximate surface area is 95.1 Å². The zero-order chi connectivity index (χ0) is 11.7. The molecule has 0 amide bonds. The molecule has 0 aromatic heterocycles. The molecule has 0 N–H and O–H groups in total. The minimum atomic E-state index is 0.498. The second-order valence-corrected chi connectivity index (χ2v) is 3.74. The molecule has 0 spiro atoms. The Balaban J connectivity index is 4.91. The number of rotatable bonds is 6. The van der Waals surface area contributed by atoms with Crippen LogP contribution in [0.2, 0.25) is 0 Å². The van der Waals surface area contributed by atoms with Crippen LogP contribution in [0.5, 0.6) is 0 Å². The quantitative estimate of drug-likeness (QED) is 0.419. The first-order valence-corrected chi connectivity index (χ1v) is 5.82. The molecule has 0 aliphatic rings. The minimum absolute atomic E-state index is 0.498. The Morgan fingerprint density at radius 1 is 1.33 bits per heavy atom. The van der Waals surface area contributed by atoms with Crippen LogP contribution >= 0.6 is 0 Å². The van der Waals surface area contributed by atoms with Crippen molar-refractivity contribution in [3.8, 4) is 0 Å². The predicted molar refractivity (Wildman–Crippen MR) is 70.9 cm³/mol. The molecule has 0 saturated carbocycles. The first-order valence-electron chi connectivity index (χ1n) is 5.82. The first kappa shape index (κ1) is 14.0. The molecule has 0 aromatic carbocycles. The summed E-state index contributed by atoms with van der Waals surface area (Å²) < 4.78 is 0. The smallest absolute Gasteiger partial charge is 0.00111 e. The van der Waals surface area contributed by atoms with Crippen LogP contribution < -0.4 is 0 Å². The third-order valence-electron chi connectivity index (χ3n) is 2.49. The van der Waals surface area contributed by atoms with Gasteiger partial charge in [-0.1, -0.05) is 57.2 Å². The molecule has 0 rings (SSSR count). The highest BCUT2D eigenvalue weighted by Crippen LogP contribution is 2.24. The third kappa shape index (κ3) is 4.83. The lowest BCUT2D eigenvalue weighted by Gasteiger charge is -2.15. The van der Waals surface area contributed by atoms with Crippen molar-refractivity contribution < 1.29 is 0 Å². The standard InChI is InChI=1S/C15H24/c1-6-10-13(5)15(9-4)14(11-7-2)12-8-3/h6-7,9-11,13H,2,8,12H2,1,3-5H3. The molecule has 0 bridgehead atoms. The summed E-state index contributed by atoms with van der Waals surface area (Å²) in [4.78, 5) is 0. The van der Waals surface area contributed by atoms with Crippen LogP contribution in [0.1, 0.15) is 40.5 Å². The van der Waals surface area contributed by atoms with E-state index < -0.39 is 0 Å². The summed E-state index contributed by atoms with van der Waals surface area (Å²) in [7, 11) is 0. The van der Waals surface area contributed by atoms with Gasteiger partial charge < -0.3 is 0 Å². The summed E-state index contributed by atoms with van der Waals surface area (Å²) in [5.41, 5.74) is 2.84.